The molecule has 0 aliphatic heterocycles. The minimum atomic E-state index is -0.193. The van der Waals surface area contributed by atoms with Crippen molar-refractivity contribution in [1.82, 2.24) is 15.2 Å². The van der Waals surface area contributed by atoms with Gasteiger partial charge in [-0.25, -0.2) is 10.1 Å². The van der Waals surface area contributed by atoms with E-state index in [1.54, 1.807) is 6.21 Å². The molecule has 0 saturated carbocycles. The number of hydrogen-bond acceptors (Lipinski definition) is 3. The Bertz CT molecular complexity index is 614. The van der Waals surface area contributed by atoms with Gasteiger partial charge in [0.2, 0.25) is 5.91 Å². The highest BCUT2D eigenvalue weighted by atomic mass is 16.2. The number of aryl methyl sites for hydroxylation is 1. The largest absolute Gasteiger partial charge is 0.274 e. The average molecular weight is 256 g/mol. The number of hydrazone groups is 1. The van der Waals surface area contributed by atoms with Crippen molar-refractivity contribution in [2.24, 2.45) is 5.10 Å². The van der Waals surface area contributed by atoms with Crippen molar-refractivity contribution in [3.8, 4) is 5.69 Å². The molecule has 2 aromatic rings. The maximum atomic E-state index is 10.8. The van der Waals surface area contributed by atoms with Crippen LogP contribution in [0.25, 0.3) is 5.69 Å². The Morgan fingerprint density at radius 1 is 1.32 bits per heavy atom. The molecule has 1 amide bonds. The van der Waals surface area contributed by atoms with Gasteiger partial charge in [0, 0.05) is 12.5 Å². The van der Waals surface area contributed by atoms with Crippen molar-refractivity contribution in [1.29, 1.82) is 0 Å². The number of amides is 1. The number of carbonyl (C=O) groups excluding carboxylic acids is 1. The first-order valence-electron chi connectivity index (χ1n) is 6.01. The van der Waals surface area contributed by atoms with Crippen molar-refractivity contribution in [3.05, 3.63) is 47.3 Å². The molecular formula is C14H16N4O. The van der Waals surface area contributed by atoms with Gasteiger partial charge in [-0.15, -0.1) is 0 Å². The number of nitrogens with zero attached hydrogens (tertiary/aromatic N) is 3. The van der Waals surface area contributed by atoms with Crippen LogP contribution in [0.3, 0.4) is 0 Å². The summed E-state index contributed by atoms with van der Waals surface area (Å²) >= 11 is 0. The summed E-state index contributed by atoms with van der Waals surface area (Å²) in [6, 6.07) is 9.89. The lowest BCUT2D eigenvalue weighted by atomic mass is 10.2. The second kappa shape index (κ2) is 5.48. The number of hydrogen-bond donors (Lipinski definition) is 1. The van der Waals surface area contributed by atoms with Crippen LogP contribution in [0.4, 0.5) is 0 Å². The molecule has 0 radical (unpaired) electrons. The number of carbonyl (C=O) groups is 1. The highest BCUT2D eigenvalue weighted by Crippen LogP contribution is 2.15. The summed E-state index contributed by atoms with van der Waals surface area (Å²) in [7, 11) is 0. The van der Waals surface area contributed by atoms with Gasteiger partial charge in [0.05, 0.1) is 23.3 Å². The summed E-state index contributed by atoms with van der Waals surface area (Å²) in [6.45, 7) is 5.31. The van der Waals surface area contributed by atoms with Crippen LogP contribution in [0.5, 0.6) is 0 Å². The summed E-state index contributed by atoms with van der Waals surface area (Å²) in [5, 5.41) is 8.38. The molecule has 5 heteroatoms. The Morgan fingerprint density at radius 3 is 2.63 bits per heavy atom. The number of para-hydroxylation sites is 1. The van der Waals surface area contributed by atoms with Gasteiger partial charge in [0.15, 0.2) is 0 Å². The smallest absolute Gasteiger partial charge is 0.236 e. The van der Waals surface area contributed by atoms with E-state index >= 15 is 0 Å². The standard InChI is InChI=1S/C14H16N4O/c1-10-14(9-15-16-12(3)19)11(2)18(17-10)13-7-5-4-6-8-13/h4-9H,1-3H3,(H,16,19)/b15-9-. The van der Waals surface area contributed by atoms with E-state index in [-0.39, 0.29) is 5.91 Å². The van der Waals surface area contributed by atoms with E-state index in [0.29, 0.717) is 0 Å². The lowest BCUT2D eigenvalue weighted by Crippen LogP contribution is -2.12. The monoisotopic (exact) mass is 256 g/mol. The molecule has 1 aromatic heterocycles. The molecule has 0 atom stereocenters. The minimum Gasteiger partial charge on any atom is -0.274 e. The fourth-order valence-corrected chi connectivity index (χ4v) is 1.85. The molecule has 1 aromatic carbocycles. The van der Waals surface area contributed by atoms with Gasteiger partial charge < -0.3 is 0 Å². The maximum absolute atomic E-state index is 10.8. The van der Waals surface area contributed by atoms with Crippen LogP contribution in [0.2, 0.25) is 0 Å². The second-order valence-corrected chi connectivity index (χ2v) is 4.26. The quantitative estimate of drug-likeness (QED) is 0.674. The van der Waals surface area contributed by atoms with Crippen LogP contribution >= 0.6 is 0 Å². The lowest BCUT2D eigenvalue weighted by molar-refractivity contribution is -0.118. The van der Waals surface area contributed by atoms with E-state index in [9.17, 15) is 4.79 Å². The number of rotatable bonds is 3. The zero-order valence-corrected chi connectivity index (χ0v) is 11.2. The van der Waals surface area contributed by atoms with E-state index in [4.69, 9.17) is 0 Å². The van der Waals surface area contributed by atoms with Gasteiger partial charge >= 0.3 is 0 Å². The summed E-state index contributed by atoms with van der Waals surface area (Å²) in [6.07, 6.45) is 1.62. The SMILES string of the molecule is CC(=O)N/N=C\c1c(C)nn(-c2ccccc2)c1C. The van der Waals surface area contributed by atoms with Crippen molar-refractivity contribution < 1.29 is 4.79 Å². The van der Waals surface area contributed by atoms with Gasteiger partial charge in [0.1, 0.15) is 0 Å². The molecule has 1 heterocycles. The topological polar surface area (TPSA) is 59.3 Å². The Balaban J connectivity index is 2.35. The Hall–Kier alpha value is -2.43. The maximum Gasteiger partial charge on any atom is 0.236 e. The van der Waals surface area contributed by atoms with E-state index in [1.165, 1.54) is 6.92 Å². The minimum absolute atomic E-state index is 0.193. The van der Waals surface area contributed by atoms with E-state index in [2.05, 4.69) is 15.6 Å². The molecule has 0 fully saturated rings. The van der Waals surface area contributed by atoms with Crippen molar-refractivity contribution in [2.75, 3.05) is 0 Å². The molecule has 5 nitrogen and oxygen atoms in total. The summed E-state index contributed by atoms with van der Waals surface area (Å²) in [5.41, 5.74) is 6.16. The third-order valence-corrected chi connectivity index (χ3v) is 2.76. The molecule has 1 N–H and O–H groups in total. The highest BCUT2D eigenvalue weighted by Gasteiger charge is 2.10. The fourth-order valence-electron chi connectivity index (χ4n) is 1.85. The summed E-state index contributed by atoms with van der Waals surface area (Å²) in [5.74, 6) is -0.193. The Morgan fingerprint density at radius 2 is 2.00 bits per heavy atom. The molecular weight excluding hydrogens is 240 g/mol. The molecule has 0 saturated heterocycles. The van der Waals surface area contributed by atoms with Crippen LogP contribution in [-0.2, 0) is 4.79 Å². The molecule has 0 bridgehead atoms. The van der Waals surface area contributed by atoms with Gasteiger partial charge in [0.25, 0.3) is 0 Å². The zero-order chi connectivity index (χ0) is 13.8. The van der Waals surface area contributed by atoms with Crippen LogP contribution < -0.4 is 5.43 Å². The Kier molecular flexibility index (Phi) is 3.75. The van der Waals surface area contributed by atoms with Crippen LogP contribution in [0.1, 0.15) is 23.9 Å². The van der Waals surface area contributed by atoms with Crippen LogP contribution in [0.15, 0.2) is 35.4 Å². The molecule has 0 aliphatic rings. The van der Waals surface area contributed by atoms with E-state index in [0.717, 1.165) is 22.6 Å². The first-order valence-corrected chi connectivity index (χ1v) is 6.01. The first-order chi connectivity index (χ1) is 9.09. The number of nitrogens with one attached hydrogen (secondary N) is 1. The van der Waals surface area contributed by atoms with E-state index in [1.807, 2.05) is 48.9 Å². The predicted molar refractivity (Wildman–Crippen MR) is 74.4 cm³/mol. The lowest BCUT2D eigenvalue weighted by Gasteiger charge is -2.03. The molecule has 0 spiro atoms. The summed E-state index contributed by atoms with van der Waals surface area (Å²) in [4.78, 5) is 10.8. The van der Waals surface area contributed by atoms with Gasteiger partial charge in [-0.3, -0.25) is 4.79 Å². The van der Waals surface area contributed by atoms with E-state index < -0.39 is 0 Å². The van der Waals surface area contributed by atoms with Crippen LogP contribution in [0, 0.1) is 13.8 Å². The van der Waals surface area contributed by atoms with Gasteiger partial charge in [-0.05, 0) is 26.0 Å². The molecule has 0 aliphatic carbocycles. The third kappa shape index (κ3) is 2.88. The van der Waals surface area contributed by atoms with Gasteiger partial charge in [-0.2, -0.15) is 10.2 Å². The molecule has 0 unspecified atom stereocenters. The fraction of sp³-hybridized carbons (Fsp3) is 0.214. The molecule has 98 valence electrons. The average Bonchev–Trinajstić information content (AvgIpc) is 2.67. The summed E-state index contributed by atoms with van der Waals surface area (Å²) < 4.78 is 1.87. The predicted octanol–water partition coefficient (Wildman–Crippen LogP) is 1.96. The van der Waals surface area contributed by atoms with Crippen LogP contribution in [-0.4, -0.2) is 21.9 Å². The van der Waals surface area contributed by atoms with Crippen molar-refractivity contribution >= 4 is 12.1 Å². The van der Waals surface area contributed by atoms with Crippen molar-refractivity contribution in [3.63, 3.8) is 0 Å². The van der Waals surface area contributed by atoms with Gasteiger partial charge in [-0.1, -0.05) is 18.2 Å². The first kappa shape index (κ1) is 13.0. The van der Waals surface area contributed by atoms with Crippen molar-refractivity contribution in [2.45, 2.75) is 20.8 Å². The third-order valence-electron chi connectivity index (χ3n) is 2.76. The molecule has 19 heavy (non-hydrogen) atoms. The molecule has 2 rings (SSSR count). The normalized spacial score (nSPS) is 10.9. The number of benzene rings is 1. The Labute approximate surface area is 111 Å². The highest BCUT2D eigenvalue weighted by molar-refractivity contribution is 5.84. The number of aromatic nitrogens is 2. The second-order valence-electron chi connectivity index (χ2n) is 4.26. The zero-order valence-electron chi connectivity index (χ0n) is 11.2.